The van der Waals surface area contributed by atoms with Gasteiger partial charge in [0.1, 0.15) is 75.3 Å². The number of H-pyrrole nitrogens is 9. The van der Waals surface area contributed by atoms with Crippen molar-refractivity contribution in [3.63, 3.8) is 0 Å². The highest BCUT2D eigenvalue weighted by molar-refractivity contribution is 7.11. The Morgan fingerprint density at radius 3 is 1.28 bits per heavy atom. The van der Waals surface area contributed by atoms with E-state index in [0.29, 0.717) is 5.65 Å². The predicted molar refractivity (Wildman–Crippen MR) is 472 cm³/mol. The van der Waals surface area contributed by atoms with Crippen LogP contribution in [0.3, 0.4) is 0 Å². The molecule has 29 nitrogen and oxygen atoms in total. The fourth-order valence-corrected chi connectivity index (χ4v) is 9.78. The first-order valence-corrected chi connectivity index (χ1v) is 33.0. The molecule has 16 aromatic heterocycles. The molecule has 0 saturated carbocycles. The van der Waals surface area contributed by atoms with Gasteiger partial charge in [-0.05, 0) is 193 Å². The molecule has 0 amide bonds. The summed E-state index contributed by atoms with van der Waals surface area (Å²) in [6, 6.07) is 14.2. The molecule has 614 valence electrons. The molecule has 16 heterocycles. The summed E-state index contributed by atoms with van der Waals surface area (Å²) in [6.07, 6.45) is 14.3. The lowest BCUT2D eigenvalue weighted by atomic mass is 10.2. The summed E-state index contributed by atoms with van der Waals surface area (Å²) in [4.78, 5) is 100. The first-order chi connectivity index (χ1) is 48.0. The molecule has 0 radical (unpaired) electrons. The highest BCUT2D eigenvalue weighted by atomic mass is 32.1. The van der Waals surface area contributed by atoms with Crippen molar-refractivity contribution in [3.05, 3.63) is 217 Å². The molecule has 0 spiro atoms. The summed E-state index contributed by atoms with van der Waals surface area (Å²) < 4.78 is 4.97. The van der Waals surface area contributed by atoms with Crippen LogP contribution in [0.2, 0.25) is 0 Å². The van der Waals surface area contributed by atoms with Crippen LogP contribution in [0.4, 0.5) is 0 Å². The molecular formula is C82H134N28OS. The number of thiazole rings is 1. The van der Waals surface area contributed by atoms with Crippen molar-refractivity contribution >= 4 is 78.2 Å². The maximum Gasteiger partial charge on any atom is 0.197 e. The van der Waals surface area contributed by atoms with Gasteiger partial charge in [-0.3, -0.25) is 10.1 Å². The van der Waals surface area contributed by atoms with Crippen molar-refractivity contribution in [2.75, 3.05) is 0 Å². The van der Waals surface area contributed by atoms with Gasteiger partial charge in [-0.2, -0.15) is 5.10 Å². The molecule has 0 unspecified atom stereocenters. The summed E-state index contributed by atoms with van der Waals surface area (Å²) in [5.41, 5.74) is 18.5. The second kappa shape index (κ2) is 52.2. The Kier molecular flexibility index (Phi) is 50.6. The van der Waals surface area contributed by atoms with Crippen LogP contribution in [0, 0.1) is 152 Å². The quantitative estimate of drug-likeness (QED) is 0.0681. The molecule has 0 fully saturated rings. The average Bonchev–Trinajstić information content (AvgIpc) is 1.74. The molecule has 0 bridgehead atoms. The molecule has 0 aliphatic carbocycles. The third-order valence-corrected chi connectivity index (χ3v) is 14.2. The SMILES string of the molecule is C.C.C.C.C.C.C.C.C.C.C.Cc1cc2nc(C)[nH]c2cn1.Cc1ccc2[nH]c(C)nc2n1.Cc1ccc2nc(C)[nH]c2c1.Cc1cnc(C)[nH]1.Cc1cnc(C)[nH]1.Cc1cnc(C)o1.Cc1cnc(C)s1.Cc1cnc2nc(C)[nH]c2c1.Cc1cnc2nc(C)[nH]c2n1.Cc1n[nH]c(C)n1.Cc1ncc2[nH]c(C)nc2n1. The van der Waals surface area contributed by atoms with Gasteiger partial charge in [0.05, 0.1) is 68.6 Å². The summed E-state index contributed by atoms with van der Waals surface area (Å²) in [5, 5.41) is 7.64. The van der Waals surface area contributed by atoms with E-state index in [9.17, 15) is 0 Å². The number of pyridine rings is 3. The largest absolute Gasteiger partial charge is 0.446 e. The minimum atomic E-state index is 0. The lowest BCUT2D eigenvalue weighted by Gasteiger charge is -1.89. The molecule has 17 aromatic rings. The average molecular weight is 1560 g/mol. The second-order valence-electron chi connectivity index (χ2n) is 23.6. The summed E-state index contributed by atoms with van der Waals surface area (Å²) >= 11 is 1.73. The monoisotopic (exact) mass is 1560 g/mol. The van der Waals surface area contributed by atoms with Gasteiger partial charge in [-0.15, -0.1) is 11.3 Å². The Balaban J connectivity index is -0.000000373. The van der Waals surface area contributed by atoms with Crippen LogP contribution in [0.15, 0.2) is 96.5 Å². The third-order valence-electron chi connectivity index (χ3n) is 13.3. The number of aryl methyl sites for hydroxylation is 22. The number of nitrogens with one attached hydrogen (secondary N) is 9. The fraction of sp³-hybridized carbons (Fsp3) is 0.402. The van der Waals surface area contributed by atoms with E-state index in [1.54, 1.807) is 29.9 Å². The Morgan fingerprint density at radius 1 is 0.286 bits per heavy atom. The van der Waals surface area contributed by atoms with Crippen LogP contribution in [0.1, 0.15) is 207 Å². The zero-order chi connectivity index (χ0) is 73.4. The number of benzene rings is 1. The van der Waals surface area contributed by atoms with Crippen LogP contribution < -0.4 is 0 Å². The van der Waals surface area contributed by atoms with Gasteiger partial charge in [-0.25, -0.2) is 84.7 Å². The van der Waals surface area contributed by atoms with Crippen LogP contribution in [-0.4, -0.2) is 140 Å². The first-order valence-electron chi connectivity index (χ1n) is 32.2. The van der Waals surface area contributed by atoms with E-state index in [4.69, 9.17) is 4.42 Å². The number of imidazole rings is 8. The van der Waals surface area contributed by atoms with Gasteiger partial charge in [0.2, 0.25) is 0 Å². The minimum Gasteiger partial charge on any atom is -0.446 e. The van der Waals surface area contributed by atoms with E-state index in [1.165, 1.54) is 10.4 Å². The van der Waals surface area contributed by atoms with Gasteiger partial charge < -0.3 is 44.3 Å². The van der Waals surface area contributed by atoms with E-state index >= 15 is 0 Å². The van der Waals surface area contributed by atoms with Crippen molar-refractivity contribution in [2.45, 2.75) is 234 Å². The Bertz CT molecular complexity index is 4450. The predicted octanol–water partition coefficient (Wildman–Crippen LogP) is 21.4. The number of rotatable bonds is 0. The second-order valence-corrected chi connectivity index (χ2v) is 25.0. The van der Waals surface area contributed by atoms with E-state index in [2.05, 4.69) is 166 Å². The smallest absolute Gasteiger partial charge is 0.197 e. The molecule has 1 aromatic carbocycles. The van der Waals surface area contributed by atoms with Crippen molar-refractivity contribution in [1.82, 2.24) is 140 Å². The van der Waals surface area contributed by atoms with Gasteiger partial charge in [0.25, 0.3) is 0 Å². The Labute approximate surface area is 670 Å². The standard InChI is InChI=1S/C9H10N2.3C8H9N3.2C7H8N4.2C5H8N2.C5H7NO.C5H7NS.C4H7N3.11CH4/c1-6-3-4-8-9(5-6)11-7(2)10-8;1-5-3-7-8(4-9-5)11-6(2)10-7;1-5-3-7-8(9-4-5)11-6(2)10-7;1-5-3-4-7-8(9-5)11-6(2)10-7;1-4-8-3-6-7(10-4)11-5(2)9-6;1-4-3-8-6-7(9-4)11-5(2)10-6;4*1-4-3-6-5(2)7-4;1-3-5-4(2)7-6-3;;;;;;;;;;;/h3-5H,1-2H3,(H,10,11);3-4H,1-2H3,(H,10,11);2*3-4H,1-2H3,(H,9,10,11);2*3H,1-2H3,(H,8,9,10,11);2*3H,1-2H3,(H,6,7);2*3H,1-2H3;1-2H3,(H,5,6,7);11*1H4. The minimum absolute atomic E-state index is 0. The van der Waals surface area contributed by atoms with Gasteiger partial charge in [-0.1, -0.05) is 87.8 Å². The van der Waals surface area contributed by atoms with E-state index in [1.807, 2.05) is 200 Å². The number of aromatic amines is 9. The van der Waals surface area contributed by atoms with Crippen molar-refractivity contribution < 1.29 is 4.42 Å². The summed E-state index contributed by atoms with van der Waals surface area (Å²) in [5.74, 6) is 11.5. The molecule has 112 heavy (non-hydrogen) atoms. The van der Waals surface area contributed by atoms with Crippen molar-refractivity contribution in [2.24, 2.45) is 0 Å². The van der Waals surface area contributed by atoms with E-state index in [-0.39, 0.29) is 81.7 Å². The molecule has 0 aliphatic heterocycles. The number of hydrogen-bond acceptors (Lipinski definition) is 21. The van der Waals surface area contributed by atoms with Crippen molar-refractivity contribution in [3.8, 4) is 0 Å². The molecule has 0 aliphatic rings. The molecule has 0 atom stereocenters. The maximum absolute atomic E-state index is 4.97. The molecular weight excluding hydrogens is 1430 g/mol. The van der Waals surface area contributed by atoms with E-state index < -0.39 is 0 Å². The highest BCUT2D eigenvalue weighted by Crippen LogP contribution is 2.15. The number of fused-ring (bicyclic) bond motifs is 6. The zero-order valence-electron chi connectivity index (χ0n) is 61.5. The zero-order valence-corrected chi connectivity index (χ0v) is 62.3. The molecule has 9 N–H and O–H groups in total. The highest BCUT2D eigenvalue weighted by Gasteiger charge is 2.04. The van der Waals surface area contributed by atoms with Gasteiger partial charge in [0.15, 0.2) is 34.1 Å². The summed E-state index contributed by atoms with van der Waals surface area (Å²) in [7, 11) is 0. The Morgan fingerprint density at radius 2 is 0.795 bits per heavy atom. The van der Waals surface area contributed by atoms with Crippen LogP contribution in [0.25, 0.3) is 66.9 Å². The molecule has 0 saturated heterocycles. The normalized spacial score (nSPS) is 9.27. The van der Waals surface area contributed by atoms with E-state index in [0.717, 1.165) is 176 Å². The Hall–Kier alpha value is -12.0. The van der Waals surface area contributed by atoms with Crippen molar-refractivity contribution in [1.29, 1.82) is 0 Å². The number of hydrogen-bond donors (Lipinski definition) is 9. The fourth-order valence-electron chi connectivity index (χ4n) is 9.11. The number of nitrogens with zero attached hydrogens (tertiary/aromatic N) is 19. The molecule has 17 rings (SSSR count). The topological polar surface area (TPSA) is 400 Å². The molecule has 30 heteroatoms. The van der Waals surface area contributed by atoms with Crippen LogP contribution in [0.5, 0.6) is 0 Å². The van der Waals surface area contributed by atoms with Crippen LogP contribution in [-0.2, 0) is 0 Å². The lowest BCUT2D eigenvalue weighted by Crippen LogP contribution is -1.85. The first kappa shape index (κ1) is 109. The maximum atomic E-state index is 4.97. The summed E-state index contributed by atoms with van der Waals surface area (Å²) in [6.45, 7) is 42.7. The van der Waals surface area contributed by atoms with Crippen LogP contribution >= 0.6 is 11.3 Å². The van der Waals surface area contributed by atoms with Gasteiger partial charge >= 0.3 is 0 Å². The third kappa shape index (κ3) is 36.5. The van der Waals surface area contributed by atoms with Gasteiger partial charge in [0, 0.05) is 59.4 Å². The lowest BCUT2D eigenvalue weighted by molar-refractivity contribution is 0.494. The number of oxazole rings is 1. The number of aromatic nitrogens is 28.